The van der Waals surface area contributed by atoms with E-state index in [0.717, 1.165) is 39.4 Å². The smallest absolute Gasteiger partial charge is 0.239 e. The molecule has 1 fully saturated rings. The first kappa shape index (κ1) is 17.9. The second-order valence-electron chi connectivity index (χ2n) is 5.55. The summed E-state index contributed by atoms with van der Waals surface area (Å²) in [6.07, 6.45) is 0. The van der Waals surface area contributed by atoms with Gasteiger partial charge in [0.2, 0.25) is 11.8 Å². The minimum absolute atomic E-state index is 0.0693. The van der Waals surface area contributed by atoms with Crippen LogP contribution in [-0.2, 0) is 14.3 Å². The number of ether oxygens (including phenoxy) is 1. The quantitative estimate of drug-likeness (QED) is 0.613. The fraction of sp³-hybridized carbons (Fsp3) is 0.857. The first-order valence-corrected chi connectivity index (χ1v) is 7.46. The van der Waals surface area contributed by atoms with Crippen molar-refractivity contribution in [3.8, 4) is 0 Å². The minimum atomic E-state index is -0.0998. The molecular weight excluding hydrogens is 272 g/mol. The molecule has 0 atom stereocenters. The van der Waals surface area contributed by atoms with Crippen LogP contribution in [0, 0.1) is 0 Å². The Morgan fingerprint density at radius 3 is 2.43 bits per heavy atom. The molecule has 7 heteroatoms. The third-order valence-electron chi connectivity index (χ3n) is 3.45. The van der Waals surface area contributed by atoms with Crippen LogP contribution in [-0.4, -0.2) is 99.6 Å². The summed E-state index contributed by atoms with van der Waals surface area (Å²) in [5, 5.41) is 2.87. The van der Waals surface area contributed by atoms with Gasteiger partial charge in [-0.15, -0.1) is 0 Å². The van der Waals surface area contributed by atoms with Crippen LogP contribution < -0.4 is 5.32 Å². The van der Waals surface area contributed by atoms with Gasteiger partial charge in [-0.25, -0.2) is 0 Å². The normalized spacial score (nSPS) is 16.0. The zero-order valence-corrected chi connectivity index (χ0v) is 13.4. The van der Waals surface area contributed by atoms with Crippen LogP contribution in [0.5, 0.6) is 0 Å². The summed E-state index contributed by atoms with van der Waals surface area (Å²) in [5.74, 6) is -0.169. The molecule has 21 heavy (non-hydrogen) atoms. The van der Waals surface area contributed by atoms with Crippen molar-refractivity contribution >= 4 is 11.8 Å². The van der Waals surface area contributed by atoms with Crippen LogP contribution in [0.2, 0.25) is 0 Å². The highest BCUT2D eigenvalue weighted by Crippen LogP contribution is 1.95. The van der Waals surface area contributed by atoms with Crippen LogP contribution in [0.25, 0.3) is 0 Å². The Balaban J connectivity index is 2.21. The standard InChI is InChI=1S/C14H28N4O3/c1-13(19)18(7-6-16(2)3)12-14(20)15-4-5-17-8-10-21-11-9-17/h4-12H2,1-3H3,(H,15,20). The molecule has 1 N–H and O–H groups in total. The zero-order valence-electron chi connectivity index (χ0n) is 13.4. The van der Waals surface area contributed by atoms with Gasteiger partial charge in [-0.05, 0) is 14.1 Å². The third kappa shape index (κ3) is 7.99. The topological polar surface area (TPSA) is 65.1 Å². The van der Waals surface area contributed by atoms with Crippen molar-refractivity contribution < 1.29 is 14.3 Å². The molecule has 1 saturated heterocycles. The maximum Gasteiger partial charge on any atom is 0.239 e. The Labute approximate surface area is 127 Å². The van der Waals surface area contributed by atoms with Gasteiger partial charge in [0, 0.05) is 46.2 Å². The molecule has 0 aromatic carbocycles. The molecule has 0 radical (unpaired) electrons. The number of carbonyl (C=O) groups excluding carboxylic acids is 2. The van der Waals surface area contributed by atoms with Gasteiger partial charge in [0.15, 0.2) is 0 Å². The first-order valence-electron chi connectivity index (χ1n) is 7.46. The molecule has 1 heterocycles. The molecule has 7 nitrogen and oxygen atoms in total. The van der Waals surface area contributed by atoms with Crippen LogP contribution in [0.15, 0.2) is 0 Å². The molecule has 1 rings (SSSR count). The van der Waals surface area contributed by atoms with E-state index in [1.165, 1.54) is 6.92 Å². The van der Waals surface area contributed by atoms with Crippen LogP contribution in [0.4, 0.5) is 0 Å². The van der Waals surface area contributed by atoms with Crippen molar-refractivity contribution in [3.63, 3.8) is 0 Å². The zero-order chi connectivity index (χ0) is 15.7. The van der Waals surface area contributed by atoms with E-state index in [4.69, 9.17) is 4.74 Å². The minimum Gasteiger partial charge on any atom is -0.379 e. The van der Waals surface area contributed by atoms with Crippen molar-refractivity contribution in [2.75, 3.05) is 73.1 Å². The van der Waals surface area contributed by atoms with E-state index in [-0.39, 0.29) is 18.4 Å². The Morgan fingerprint density at radius 2 is 1.86 bits per heavy atom. The van der Waals surface area contributed by atoms with Crippen LogP contribution >= 0.6 is 0 Å². The lowest BCUT2D eigenvalue weighted by Crippen LogP contribution is -2.45. The molecule has 0 bridgehead atoms. The van der Waals surface area contributed by atoms with Gasteiger partial charge >= 0.3 is 0 Å². The van der Waals surface area contributed by atoms with Crippen LogP contribution in [0.1, 0.15) is 6.92 Å². The second kappa shape index (κ2) is 9.70. The predicted molar refractivity (Wildman–Crippen MR) is 81.1 cm³/mol. The van der Waals surface area contributed by atoms with E-state index < -0.39 is 0 Å². The second-order valence-corrected chi connectivity index (χ2v) is 5.55. The summed E-state index contributed by atoms with van der Waals surface area (Å²) in [5.41, 5.74) is 0. The van der Waals surface area contributed by atoms with Gasteiger partial charge in [0.25, 0.3) is 0 Å². The molecule has 1 aliphatic heterocycles. The number of hydrogen-bond acceptors (Lipinski definition) is 5. The van der Waals surface area contributed by atoms with Crippen molar-refractivity contribution in [1.29, 1.82) is 0 Å². The van der Waals surface area contributed by atoms with Gasteiger partial charge < -0.3 is 19.9 Å². The molecule has 122 valence electrons. The number of morpholine rings is 1. The Hall–Kier alpha value is -1.18. The molecule has 0 unspecified atom stereocenters. The molecule has 0 aliphatic carbocycles. The van der Waals surface area contributed by atoms with Gasteiger partial charge in [0.05, 0.1) is 19.8 Å². The van der Waals surface area contributed by atoms with Crippen molar-refractivity contribution in [2.45, 2.75) is 6.92 Å². The van der Waals surface area contributed by atoms with Gasteiger partial charge in [-0.2, -0.15) is 0 Å². The summed E-state index contributed by atoms with van der Waals surface area (Å²) in [4.78, 5) is 29.2. The van der Waals surface area contributed by atoms with Crippen molar-refractivity contribution in [1.82, 2.24) is 20.0 Å². The van der Waals surface area contributed by atoms with Crippen molar-refractivity contribution in [3.05, 3.63) is 0 Å². The average molecular weight is 300 g/mol. The number of hydrogen-bond donors (Lipinski definition) is 1. The van der Waals surface area contributed by atoms with E-state index in [1.54, 1.807) is 4.90 Å². The van der Waals surface area contributed by atoms with E-state index >= 15 is 0 Å². The van der Waals surface area contributed by atoms with Gasteiger partial charge in [-0.3, -0.25) is 14.5 Å². The van der Waals surface area contributed by atoms with Gasteiger partial charge in [-0.1, -0.05) is 0 Å². The number of likely N-dealkylation sites (N-methyl/N-ethyl adjacent to an activating group) is 1. The summed E-state index contributed by atoms with van der Waals surface area (Å²) in [6, 6.07) is 0. The number of rotatable bonds is 8. The molecule has 1 aliphatic rings. The highest BCUT2D eigenvalue weighted by molar-refractivity contribution is 5.83. The lowest BCUT2D eigenvalue weighted by atomic mass is 10.4. The molecule has 0 aromatic rings. The lowest BCUT2D eigenvalue weighted by molar-refractivity contribution is -0.134. The Kier molecular flexibility index (Phi) is 8.26. The average Bonchev–Trinajstić information content (AvgIpc) is 2.44. The highest BCUT2D eigenvalue weighted by atomic mass is 16.5. The molecule has 0 spiro atoms. The number of amides is 2. The Morgan fingerprint density at radius 1 is 1.19 bits per heavy atom. The molecule has 0 aromatic heterocycles. The SMILES string of the molecule is CC(=O)N(CCN(C)C)CC(=O)NCCN1CCOCC1. The number of nitrogens with zero attached hydrogens (tertiary/aromatic N) is 3. The van der Waals surface area contributed by atoms with E-state index in [9.17, 15) is 9.59 Å². The largest absolute Gasteiger partial charge is 0.379 e. The number of carbonyl (C=O) groups is 2. The lowest BCUT2D eigenvalue weighted by Gasteiger charge is -2.27. The Bertz CT molecular complexity index is 330. The summed E-state index contributed by atoms with van der Waals surface area (Å²) >= 11 is 0. The molecule has 2 amide bonds. The number of nitrogens with one attached hydrogen (secondary N) is 1. The van der Waals surface area contributed by atoms with E-state index in [0.29, 0.717) is 13.1 Å². The summed E-state index contributed by atoms with van der Waals surface area (Å²) in [7, 11) is 3.89. The molecule has 0 saturated carbocycles. The summed E-state index contributed by atoms with van der Waals surface area (Å²) in [6.45, 7) is 7.73. The fourth-order valence-corrected chi connectivity index (χ4v) is 2.08. The maximum absolute atomic E-state index is 11.9. The van der Waals surface area contributed by atoms with E-state index in [1.807, 2.05) is 19.0 Å². The van der Waals surface area contributed by atoms with Crippen molar-refractivity contribution in [2.24, 2.45) is 0 Å². The first-order chi connectivity index (χ1) is 9.99. The third-order valence-corrected chi connectivity index (χ3v) is 3.45. The van der Waals surface area contributed by atoms with E-state index in [2.05, 4.69) is 10.2 Å². The molecular formula is C14H28N4O3. The highest BCUT2D eigenvalue weighted by Gasteiger charge is 2.14. The summed E-state index contributed by atoms with van der Waals surface area (Å²) < 4.78 is 5.28. The van der Waals surface area contributed by atoms with Gasteiger partial charge in [0.1, 0.15) is 0 Å². The fourth-order valence-electron chi connectivity index (χ4n) is 2.08. The monoisotopic (exact) mass is 300 g/mol. The predicted octanol–water partition coefficient (Wildman–Crippen LogP) is -1.16. The van der Waals surface area contributed by atoms with Crippen LogP contribution in [0.3, 0.4) is 0 Å². The maximum atomic E-state index is 11.9.